The van der Waals surface area contributed by atoms with E-state index in [0.29, 0.717) is 24.2 Å². The molecular weight excluding hydrogens is 472 g/mol. The molecule has 3 N–H and O–H groups in total. The van der Waals surface area contributed by atoms with Crippen molar-refractivity contribution in [3.05, 3.63) is 71.4 Å². The van der Waals surface area contributed by atoms with Crippen LogP contribution in [0.25, 0.3) is 10.9 Å². The number of fused-ring (bicyclic) bond motifs is 5. The Morgan fingerprint density at radius 3 is 2.43 bits per heavy atom. The SMILES string of the molecule is CC(C)C[C@H](C(=O)N[C@@H](C(=O)O)c1ccccc1)N1C(=O)N2CCc3c([nH]c4ccccc34)[C@@]2(C)C1=O. The van der Waals surface area contributed by atoms with Gasteiger partial charge < -0.3 is 20.3 Å². The number of para-hydroxylation sites is 1. The molecule has 2 aliphatic heterocycles. The average molecular weight is 503 g/mol. The summed E-state index contributed by atoms with van der Waals surface area (Å²) in [6, 6.07) is 13.1. The number of hydrogen-bond acceptors (Lipinski definition) is 4. The van der Waals surface area contributed by atoms with Gasteiger partial charge in [0.1, 0.15) is 6.04 Å². The maximum Gasteiger partial charge on any atom is 0.330 e. The molecule has 9 heteroatoms. The fraction of sp³-hybridized carbons (Fsp3) is 0.357. The standard InChI is InChI=1S/C28H30N4O5/c1-16(2)15-21(24(33)30-22(25(34)35)17-9-5-4-6-10-17)32-26(36)28(3)23-19(13-14-31(28)27(32)37)18-11-7-8-12-20(18)29-23/h4-12,16,21-22,29H,13-15H2,1-3H3,(H,30,33)(H,34,35)/t21-,22-,28+/m1/s1. The molecule has 5 rings (SSSR count). The Hall–Kier alpha value is -4.14. The van der Waals surface area contributed by atoms with E-state index in [1.54, 1.807) is 37.3 Å². The number of nitrogens with zero attached hydrogens (tertiary/aromatic N) is 2. The van der Waals surface area contributed by atoms with E-state index in [9.17, 15) is 24.3 Å². The predicted octanol–water partition coefficient (Wildman–Crippen LogP) is 3.56. The summed E-state index contributed by atoms with van der Waals surface area (Å²) in [5.41, 5.74) is 1.66. The summed E-state index contributed by atoms with van der Waals surface area (Å²) >= 11 is 0. The fourth-order valence-electron chi connectivity index (χ4n) is 5.64. The molecule has 1 saturated heterocycles. The van der Waals surface area contributed by atoms with Crippen molar-refractivity contribution < 1.29 is 24.3 Å². The lowest BCUT2D eigenvalue weighted by Gasteiger charge is -2.36. The topological polar surface area (TPSA) is 123 Å². The highest BCUT2D eigenvalue weighted by Crippen LogP contribution is 2.45. The number of aromatic amines is 1. The summed E-state index contributed by atoms with van der Waals surface area (Å²) in [6.45, 7) is 5.84. The van der Waals surface area contributed by atoms with Crippen molar-refractivity contribution >= 4 is 34.7 Å². The van der Waals surface area contributed by atoms with Gasteiger partial charge in [-0.05, 0) is 42.9 Å². The first-order chi connectivity index (χ1) is 17.6. The number of urea groups is 1. The van der Waals surface area contributed by atoms with Gasteiger partial charge in [0.05, 0.1) is 5.69 Å². The van der Waals surface area contributed by atoms with E-state index in [2.05, 4.69) is 10.3 Å². The number of carbonyl (C=O) groups is 4. The summed E-state index contributed by atoms with van der Waals surface area (Å²) in [5, 5.41) is 13.4. The summed E-state index contributed by atoms with van der Waals surface area (Å²) in [6.07, 6.45) is 0.784. The Morgan fingerprint density at radius 1 is 1.08 bits per heavy atom. The van der Waals surface area contributed by atoms with Crippen LogP contribution in [-0.4, -0.2) is 56.3 Å². The smallest absolute Gasteiger partial charge is 0.330 e. The van der Waals surface area contributed by atoms with Crippen LogP contribution in [0, 0.1) is 5.92 Å². The van der Waals surface area contributed by atoms with E-state index >= 15 is 0 Å². The third-order valence-electron chi connectivity index (χ3n) is 7.47. The minimum atomic E-state index is -1.31. The average Bonchev–Trinajstić information content (AvgIpc) is 3.35. The summed E-state index contributed by atoms with van der Waals surface area (Å²) in [5.74, 6) is -2.43. The molecule has 1 aromatic heterocycles. The number of amides is 4. The molecule has 0 spiro atoms. The van der Waals surface area contributed by atoms with Crippen LogP contribution in [0.4, 0.5) is 4.79 Å². The largest absolute Gasteiger partial charge is 0.479 e. The lowest BCUT2D eigenvalue weighted by atomic mass is 9.86. The van der Waals surface area contributed by atoms with Crippen LogP contribution >= 0.6 is 0 Å². The molecular formula is C28H30N4O5. The Labute approximate surface area is 214 Å². The van der Waals surface area contributed by atoms with Crippen molar-refractivity contribution in [2.24, 2.45) is 5.92 Å². The van der Waals surface area contributed by atoms with Gasteiger partial charge in [0.2, 0.25) is 5.91 Å². The molecule has 1 fully saturated rings. The number of carboxylic acids is 1. The number of imide groups is 1. The van der Waals surface area contributed by atoms with E-state index in [1.807, 2.05) is 38.1 Å². The van der Waals surface area contributed by atoms with Crippen LogP contribution in [0.15, 0.2) is 54.6 Å². The van der Waals surface area contributed by atoms with Crippen molar-refractivity contribution in [1.29, 1.82) is 0 Å². The van der Waals surface area contributed by atoms with Crippen LogP contribution < -0.4 is 5.32 Å². The minimum absolute atomic E-state index is 0.0366. The van der Waals surface area contributed by atoms with Crippen molar-refractivity contribution in [2.45, 2.75) is 51.2 Å². The van der Waals surface area contributed by atoms with Crippen LogP contribution in [0.2, 0.25) is 0 Å². The van der Waals surface area contributed by atoms with Crippen LogP contribution in [0.1, 0.15) is 50.1 Å². The number of benzene rings is 2. The molecule has 2 aliphatic rings. The van der Waals surface area contributed by atoms with Crippen molar-refractivity contribution in [1.82, 2.24) is 20.1 Å². The molecule has 2 aromatic carbocycles. The summed E-state index contributed by atoms with van der Waals surface area (Å²) < 4.78 is 0. The normalized spacial score (nSPS) is 20.6. The third kappa shape index (κ3) is 3.85. The summed E-state index contributed by atoms with van der Waals surface area (Å²) in [4.78, 5) is 59.3. The van der Waals surface area contributed by atoms with Gasteiger partial charge in [0, 0.05) is 17.4 Å². The highest BCUT2D eigenvalue weighted by Gasteiger charge is 2.60. The second kappa shape index (κ2) is 9.06. The molecule has 4 amide bonds. The Balaban J connectivity index is 1.52. The second-order valence-electron chi connectivity index (χ2n) is 10.3. The number of carboxylic acid groups (broad SMARTS) is 1. The monoisotopic (exact) mass is 502 g/mol. The number of rotatable bonds is 7. The van der Waals surface area contributed by atoms with E-state index < -0.39 is 41.4 Å². The zero-order valence-corrected chi connectivity index (χ0v) is 21.0. The first-order valence-electron chi connectivity index (χ1n) is 12.5. The first kappa shape index (κ1) is 24.5. The molecule has 0 radical (unpaired) electrons. The molecule has 0 unspecified atom stereocenters. The second-order valence-corrected chi connectivity index (χ2v) is 10.3. The fourth-order valence-corrected chi connectivity index (χ4v) is 5.64. The lowest BCUT2D eigenvalue weighted by molar-refractivity contribution is -0.144. The van der Waals surface area contributed by atoms with E-state index in [4.69, 9.17) is 0 Å². The van der Waals surface area contributed by atoms with E-state index in [-0.39, 0.29) is 12.3 Å². The highest BCUT2D eigenvalue weighted by molar-refractivity contribution is 6.11. The van der Waals surface area contributed by atoms with Gasteiger partial charge in [-0.3, -0.25) is 9.59 Å². The van der Waals surface area contributed by atoms with Crippen molar-refractivity contribution in [3.63, 3.8) is 0 Å². The van der Waals surface area contributed by atoms with Gasteiger partial charge in [-0.1, -0.05) is 62.4 Å². The number of H-pyrrole nitrogens is 1. The van der Waals surface area contributed by atoms with E-state index in [1.165, 1.54) is 4.90 Å². The predicted molar refractivity (Wildman–Crippen MR) is 137 cm³/mol. The lowest BCUT2D eigenvalue weighted by Crippen LogP contribution is -2.52. The summed E-state index contributed by atoms with van der Waals surface area (Å²) in [7, 11) is 0. The third-order valence-corrected chi connectivity index (χ3v) is 7.47. The van der Waals surface area contributed by atoms with Gasteiger partial charge in [-0.2, -0.15) is 0 Å². The van der Waals surface area contributed by atoms with Crippen LogP contribution in [-0.2, 0) is 26.3 Å². The number of aromatic nitrogens is 1. The molecule has 3 atom stereocenters. The minimum Gasteiger partial charge on any atom is -0.479 e. The van der Waals surface area contributed by atoms with Crippen molar-refractivity contribution in [2.75, 3.05) is 6.54 Å². The quantitative estimate of drug-likeness (QED) is 0.427. The Kier molecular flexibility index (Phi) is 6.01. The number of carbonyl (C=O) groups excluding carboxylic acids is 3. The molecule has 0 aliphatic carbocycles. The Bertz CT molecular complexity index is 1400. The molecule has 3 aromatic rings. The van der Waals surface area contributed by atoms with Crippen molar-refractivity contribution in [3.8, 4) is 0 Å². The number of hydrogen-bond donors (Lipinski definition) is 3. The highest BCUT2D eigenvalue weighted by atomic mass is 16.4. The number of nitrogens with one attached hydrogen (secondary N) is 2. The molecule has 3 heterocycles. The molecule has 192 valence electrons. The molecule has 37 heavy (non-hydrogen) atoms. The molecule has 0 saturated carbocycles. The molecule has 0 bridgehead atoms. The van der Waals surface area contributed by atoms with Gasteiger partial charge in [-0.25, -0.2) is 14.5 Å². The maximum absolute atomic E-state index is 14.1. The van der Waals surface area contributed by atoms with E-state index in [0.717, 1.165) is 21.4 Å². The van der Waals surface area contributed by atoms with Gasteiger partial charge in [0.25, 0.3) is 5.91 Å². The maximum atomic E-state index is 14.1. The zero-order valence-electron chi connectivity index (χ0n) is 21.0. The van der Waals surface area contributed by atoms with Gasteiger partial charge >= 0.3 is 12.0 Å². The Morgan fingerprint density at radius 2 is 1.76 bits per heavy atom. The number of aliphatic carboxylic acids is 1. The van der Waals surface area contributed by atoms with Crippen LogP contribution in [0.5, 0.6) is 0 Å². The van der Waals surface area contributed by atoms with Crippen LogP contribution in [0.3, 0.4) is 0 Å². The van der Waals surface area contributed by atoms with Gasteiger partial charge in [0.15, 0.2) is 11.6 Å². The zero-order chi connectivity index (χ0) is 26.5. The first-order valence-corrected chi connectivity index (χ1v) is 12.5. The van der Waals surface area contributed by atoms with Gasteiger partial charge in [-0.15, -0.1) is 0 Å². The molecule has 9 nitrogen and oxygen atoms in total.